The molecule has 0 N–H and O–H groups in total. The van der Waals surface area contributed by atoms with Crippen molar-refractivity contribution in [1.82, 2.24) is 9.47 Å². The summed E-state index contributed by atoms with van der Waals surface area (Å²) in [4.78, 5) is 20.4. The zero-order valence-electron chi connectivity index (χ0n) is 13.3. The molecule has 0 saturated carbocycles. The molecule has 1 aliphatic heterocycles. The second kappa shape index (κ2) is 6.08. The van der Waals surface area contributed by atoms with Crippen LogP contribution in [-0.2, 0) is 0 Å². The summed E-state index contributed by atoms with van der Waals surface area (Å²) in [7, 11) is 0. The van der Waals surface area contributed by atoms with Crippen LogP contribution in [0.15, 0.2) is 29.4 Å². The number of amides is 2. The van der Waals surface area contributed by atoms with Gasteiger partial charge in [0.05, 0.1) is 5.69 Å². The first-order valence-electron chi connectivity index (χ1n) is 7.65. The average Bonchev–Trinajstić information content (AvgIpc) is 3.11. The summed E-state index contributed by atoms with van der Waals surface area (Å²) in [5, 5.41) is 0. The number of nitrogens with zero attached hydrogens (tertiary/aromatic N) is 3. The summed E-state index contributed by atoms with van der Waals surface area (Å²) in [6.07, 6.45) is 4.23. The Bertz CT molecular complexity index is 766. The molecule has 2 heterocycles. The van der Waals surface area contributed by atoms with Gasteiger partial charge in [-0.25, -0.2) is 4.79 Å². The molecule has 0 spiro atoms. The lowest BCUT2D eigenvalue weighted by Gasteiger charge is -2.11. The number of carbonyl (C=O) groups is 1. The van der Waals surface area contributed by atoms with Crippen molar-refractivity contribution >= 4 is 17.4 Å². The van der Waals surface area contributed by atoms with Gasteiger partial charge in [-0.3, -0.25) is 4.57 Å². The number of hydrogen-bond acceptors (Lipinski definition) is 2. The smallest absolute Gasteiger partial charge is 0.323 e. The monoisotopic (exact) mass is 315 g/mol. The topological polar surface area (TPSA) is 37.6 Å². The van der Waals surface area contributed by atoms with Gasteiger partial charge in [-0.1, -0.05) is 12.1 Å². The van der Waals surface area contributed by atoms with Gasteiger partial charge in [0.25, 0.3) is 0 Å². The fourth-order valence-corrected chi connectivity index (χ4v) is 3.56. The van der Waals surface area contributed by atoms with E-state index in [-0.39, 0.29) is 6.03 Å². The van der Waals surface area contributed by atoms with E-state index in [4.69, 9.17) is 0 Å². The van der Waals surface area contributed by atoms with Crippen LogP contribution >= 0.6 is 11.3 Å². The molecule has 1 saturated heterocycles. The highest BCUT2D eigenvalue weighted by molar-refractivity contribution is 7.09. The summed E-state index contributed by atoms with van der Waals surface area (Å²) >= 11 is 1.56. The number of aromatic nitrogens is 1. The minimum Gasteiger partial charge on any atom is -0.323 e. The molecule has 1 aromatic carbocycles. The first-order chi connectivity index (χ1) is 10.5. The van der Waals surface area contributed by atoms with Gasteiger partial charge in [0.2, 0.25) is 0 Å². The number of likely N-dealkylation sites (tertiary alicyclic amines) is 1. The van der Waals surface area contributed by atoms with Crippen LogP contribution in [0.4, 0.5) is 4.79 Å². The van der Waals surface area contributed by atoms with E-state index in [1.165, 1.54) is 11.1 Å². The maximum absolute atomic E-state index is 12.3. The number of carbonyl (C=O) groups excluding carboxylic acids is 1. The van der Waals surface area contributed by atoms with Crippen molar-refractivity contribution in [2.45, 2.75) is 33.6 Å². The largest absolute Gasteiger partial charge is 0.346 e. The maximum Gasteiger partial charge on any atom is 0.346 e. The maximum atomic E-state index is 12.3. The Morgan fingerprint density at radius 1 is 1.18 bits per heavy atom. The standard InChI is InChI=1S/C17H21N3OS/c1-12-6-7-13(2)15(10-12)20-11-14(3)22-17(20)18-16(21)19-8-4-5-9-19/h6-7,10-11H,4-5,8-9H2,1-3H3. The summed E-state index contributed by atoms with van der Waals surface area (Å²) < 4.78 is 2.04. The van der Waals surface area contributed by atoms with Crippen LogP contribution < -0.4 is 4.80 Å². The van der Waals surface area contributed by atoms with E-state index in [2.05, 4.69) is 43.2 Å². The highest BCUT2D eigenvalue weighted by Gasteiger charge is 2.17. The number of urea groups is 1. The Morgan fingerprint density at radius 3 is 2.64 bits per heavy atom. The van der Waals surface area contributed by atoms with Crippen LogP contribution in [0.3, 0.4) is 0 Å². The van der Waals surface area contributed by atoms with Crippen LogP contribution in [-0.4, -0.2) is 28.6 Å². The van der Waals surface area contributed by atoms with Gasteiger partial charge in [0.1, 0.15) is 0 Å². The molecule has 1 aromatic heterocycles. The zero-order valence-corrected chi connectivity index (χ0v) is 14.1. The van der Waals surface area contributed by atoms with E-state index in [0.717, 1.165) is 41.3 Å². The quantitative estimate of drug-likeness (QED) is 0.792. The van der Waals surface area contributed by atoms with E-state index in [1.54, 1.807) is 11.3 Å². The highest BCUT2D eigenvalue weighted by atomic mass is 32.1. The van der Waals surface area contributed by atoms with Gasteiger partial charge in [0.15, 0.2) is 4.80 Å². The predicted octanol–water partition coefficient (Wildman–Crippen LogP) is 3.58. The van der Waals surface area contributed by atoms with Crippen molar-refractivity contribution in [2.75, 3.05) is 13.1 Å². The third-order valence-corrected chi connectivity index (χ3v) is 4.86. The predicted molar refractivity (Wildman–Crippen MR) is 89.6 cm³/mol. The number of aryl methyl sites for hydroxylation is 3. The number of rotatable bonds is 1. The molecule has 4 nitrogen and oxygen atoms in total. The molecule has 1 fully saturated rings. The zero-order chi connectivity index (χ0) is 15.7. The fourth-order valence-electron chi connectivity index (χ4n) is 2.75. The molecule has 22 heavy (non-hydrogen) atoms. The highest BCUT2D eigenvalue weighted by Crippen LogP contribution is 2.17. The van der Waals surface area contributed by atoms with E-state index in [1.807, 2.05) is 16.4 Å². The molecule has 0 radical (unpaired) electrons. The Labute approximate surface area is 134 Å². The summed E-state index contributed by atoms with van der Waals surface area (Å²) in [5.74, 6) is 0. The second-order valence-electron chi connectivity index (χ2n) is 5.87. The molecule has 0 aliphatic carbocycles. The Morgan fingerprint density at radius 2 is 1.91 bits per heavy atom. The lowest BCUT2D eigenvalue weighted by atomic mass is 10.1. The Kier molecular flexibility index (Phi) is 4.16. The van der Waals surface area contributed by atoms with Gasteiger partial charge >= 0.3 is 6.03 Å². The van der Waals surface area contributed by atoms with E-state index in [9.17, 15) is 4.79 Å². The lowest BCUT2D eigenvalue weighted by molar-refractivity contribution is 0.218. The molecule has 0 bridgehead atoms. The van der Waals surface area contributed by atoms with Crippen LogP contribution in [0, 0.1) is 20.8 Å². The molecule has 5 heteroatoms. The molecule has 1 aliphatic rings. The van der Waals surface area contributed by atoms with E-state index >= 15 is 0 Å². The average molecular weight is 315 g/mol. The van der Waals surface area contributed by atoms with Crippen LogP contribution in [0.1, 0.15) is 28.8 Å². The number of hydrogen-bond donors (Lipinski definition) is 0. The van der Waals surface area contributed by atoms with Gasteiger partial charge in [0, 0.05) is 24.2 Å². The molecule has 116 valence electrons. The minimum absolute atomic E-state index is 0.113. The molecule has 2 aromatic rings. The molecule has 0 atom stereocenters. The third kappa shape index (κ3) is 2.99. The first-order valence-corrected chi connectivity index (χ1v) is 8.46. The summed E-state index contributed by atoms with van der Waals surface area (Å²) in [6, 6.07) is 6.24. The van der Waals surface area contributed by atoms with Crippen LogP contribution in [0.2, 0.25) is 0 Å². The van der Waals surface area contributed by atoms with E-state index in [0.29, 0.717) is 0 Å². The van der Waals surface area contributed by atoms with Crippen molar-refractivity contribution in [1.29, 1.82) is 0 Å². The van der Waals surface area contributed by atoms with Crippen molar-refractivity contribution in [3.63, 3.8) is 0 Å². The second-order valence-corrected chi connectivity index (χ2v) is 7.09. The van der Waals surface area contributed by atoms with E-state index < -0.39 is 0 Å². The lowest BCUT2D eigenvalue weighted by Crippen LogP contribution is -2.27. The normalized spacial score (nSPS) is 15.6. The van der Waals surface area contributed by atoms with Crippen LogP contribution in [0.25, 0.3) is 5.69 Å². The van der Waals surface area contributed by atoms with Crippen molar-refractivity contribution in [2.24, 2.45) is 4.99 Å². The third-order valence-electron chi connectivity index (χ3n) is 3.96. The van der Waals surface area contributed by atoms with Gasteiger partial charge < -0.3 is 4.90 Å². The SMILES string of the molecule is Cc1ccc(C)c(-n2cc(C)sc2=NC(=O)N2CCCC2)c1. The van der Waals surface area contributed by atoms with Gasteiger partial charge in [-0.2, -0.15) is 4.99 Å². The first kappa shape index (κ1) is 15.0. The Balaban J connectivity index is 2.06. The molecular formula is C17H21N3OS. The van der Waals surface area contributed by atoms with Crippen LogP contribution in [0.5, 0.6) is 0 Å². The Hall–Kier alpha value is -1.88. The fraction of sp³-hybridized carbons (Fsp3) is 0.412. The molecule has 0 unspecified atom stereocenters. The van der Waals surface area contributed by atoms with Gasteiger partial charge in [-0.05, 0) is 50.8 Å². The van der Waals surface area contributed by atoms with Crippen molar-refractivity contribution in [3.8, 4) is 5.69 Å². The van der Waals surface area contributed by atoms with Crippen molar-refractivity contribution < 1.29 is 4.79 Å². The number of benzene rings is 1. The number of thiazole rings is 1. The van der Waals surface area contributed by atoms with Gasteiger partial charge in [-0.15, -0.1) is 11.3 Å². The summed E-state index contributed by atoms with van der Waals surface area (Å²) in [6.45, 7) is 7.87. The van der Waals surface area contributed by atoms with Crippen molar-refractivity contribution in [3.05, 3.63) is 45.2 Å². The molecule has 2 amide bonds. The minimum atomic E-state index is -0.113. The summed E-state index contributed by atoms with van der Waals surface area (Å²) in [5.41, 5.74) is 3.48. The molecular weight excluding hydrogens is 294 g/mol. The molecule has 3 rings (SSSR count).